The molecule has 0 unspecified atom stereocenters. The predicted molar refractivity (Wildman–Crippen MR) is 61.5 cm³/mol. The number of aromatic nitrogens is 2. The predicted octanol–water partition coefficient (Wildman–Crippen LogP) is 0.441. The number of benzene rings is 1. The van der Waals surface area contributed by atoms with Crippen molar-refractivity contribution in [2.75, 3.05) is 19.8 Å². The van der Waals surface area contributed by atoms with Crippen molar-refractivity contribution in [2.45, 2.75) is 0 Å². The Balaban J connectivity index is 2.75. The van der Waals surface area contributed by atoms with E-state index in [9.17, 15) is 9.59 Å². The average molecular weight is 220 g/mol. The lowest BCUT2D eigenvalue weighted by Gasteiger charge is -2.10. The molecule has 0 atom stereocenters. The van der Waals surface area contributed by atoms with E-state index in [4.69, 9.17) is 5.73 Å². The van der Waals surface area contributed by atoms with E-state index < -0.39 is 5.69 Å². The molecule has 0 saturated heterocycles. The molecule has 2 aromatic rings. The summed E-state index contributed by atoms with van der Waals surface area (Å²) in [5.41, 5.74) is 6.76. The van der Waals surface area contributed by atoms with Crippen molar-refractivity contribution < 1.29 is 4.79 Å². The lowest BCUT2D eigenvalue weighted by Crippen LogP contribution is -2.33. The molecule has 3 N–H and O–H groups in total. The maximum atomic E-state index is 11.8. The highest BCUT2D eigenvalue weighted by Gasteiger charge is 2.15. The van der Waals surface area contributed by atoms with Gasteiger partial charge in [-0.25, -0.2) is 14.2 Å². The Hall–Kier alpha value is -2.24. The van der Waals surface area contributed by atoms with Gasteiger partial charge in [-0.2, -0.15) is 0 Å². The standard InChI is InChI=1S/C10H12N4O2/c1-13(2)10(16)14-8-4-3-6(11)5-7(8)12-9(14)15/h3-5H,11H2,1-2H3,(H,12,15). The molecule has 6 heteroatoms. The fourth-order valence-electron chi connectivity index (χ4n) is 1.52. The van der Waals surface area contributed by atoms with Crippen LogP contribution in [0.15, 0.2) is 23.0 Å². The van der Waals surface area contributed by atoms with Crippen LogP contribution in [0.4, 0.5) is 10.5 Å². The first kappa shape index (κ1) is 10.3. The molecule has 1 amide bonds. The number of nitrogens with two attached hydrogens (primary N) is 1. The summed E-state index contributed by atoms with van der Waals surface area (Å²) in [7, 11) is 3.18. The second kappa shape index (κ2) is 3.41. The maximum absolute atomic E-state index is 11.8. The third kappa shape index (κ3) is 1.44. The Morgan fingerprint density at radius 1 is 1.44 bits per heavy atom. The number of H-pyrrole nitrogens is 1. The van der Waals surface area contributed by atoms with Gasteiger partial charge in [0.05, 0.1) is 11.0 Å². The molecule has 0 fully saturated rings. The zero-order valence-electron chi connectivity index (χ0n) is 9.02. The number of hydrogen-bond acceptors (Lipinski definition) is 3. The summed E-state index contributed by atoms with van der Waals surface area (Å²) >= 11 is 0. The fraction of sp³-hybridized carbons (Fsp3) is 0.200. The smallest absolute Gasteiger partial charge is 0.334 e. The van der Waals surface area contributed by atoms with Crippen molar-refractivity contribution in [1.29, 1.82) is 0 Å². The molecule has 0 spiro atoms. The van der Waals surface area contributed by atoms with Gasteiger partial charge in [0.15, 0.2) is 0 Å². The number of carbonyl (C=O) groups is 1. The van der Waals surface area contributed by atoms with Gasteiger partial charge in [-0.3, -0.25) is 0 Å². The molecule has 1 heterocycles. The molecule has 1 aromatic heterocycles. The Morgan fingerprint density at radius 2 is 2.12 bits per heavy atom. The van der Waals surface area contributed by atoms with Crippen molar-refractivity contribution in [1.82, 2.24) is 14.5 Å². The second-order valence-corrected chi connectivity index (χ2v) is 3.72. The Bertz CT molecular complexity index is 609. The van der Waals surface area contributed by atoms with E-state index >= 15 is 0 Å². The van der Waals surface area contributed by atoms with Gasteiger partial charge in [-0.15, -0.1) is 0 Å². The van der Waals surface area contributed by atoms with Crippen LogP contribution >= 0.6 is 0 Å². The SMILES string of the molecule is CN(C)C(=O)n1c(=O)[nH]c2cc(N)ccc21. The van der Waals surface area contributed by atoms with Crippen LogP contribution in [0.2, 0.25) is 0 Å². The molecule has 0 saturated carbocycles. The number of anilines is 1. The molecule has 6 nitrogen and oxygen atoms in total. The van der Waals surface area contributed by atoms with Crippen LogP contribution in [0.5, 0.6) is 0 Å². The Kier molecular flexibility index (Phi) is 2.19. The van der Waals surface area contributed by atoms with Gasteiger partial charge in [-0.05, 0) is 18.2 Å². The summed E-state index contributed by atoms with van der Waals surface area (Å²) < 4.78 is 1.08. The molecule has 1 aromatic carbocycles. The monoisotopic (exact) mass is 220 g/mol. The minimum atomic E-state index is -0.459. The van der Waals surface area contributed by atoms with Gasteiger partial charge in [0.2, 0.25) is 0 Å². The molecule has 84 valence electrons. The lowest BCUT2D eigenvalue weighted by atomic mass is 10.3. The third-order valence-electron chi connectivity index (χ3n) is 2.28. The molecule has 0 aliphatic carbocycles. The number of nitrogen functional groups attached to an aromatic ring is 1. The number of carbonyl (C=O) groups excluding carboxylic acids is 1. The van der Waals surface area contributed by atoms with Crippen molar-refractivity contribution in [3.8, 4) is 0 Å². The fourth-order valence-corrected chi connectivity index (χ4v) is 1.52. The lowest BCUT2D eigenvalue weighted by molar-refractivity contribution is 0.219. The largest absolute Gasteiger partial charge is 0.399 e. The molecular weight excluding hydrogens is 208 g/mol. The number of fused-ring (bicyclic) bond motifs is 1. The Morgan fingerprint density at radius 3 is 2.75 bits per heavy atom. The highest BCUT2D eigenvalue weighted by molar-refractivity contribution is 5.90. The normalized spacial score (nSPS) is 10.6. The Labute approximate surface area is 91.3 Å². The third-order valence-corrected chi connectivity index (χ3v) is 2.28. The van der Waals surface area contributed by atoms with E-state index in [-0.39, 0.29) is 6.03 Å². The minimum Gasteiger partial charge on any atom is -0.399 e. The number of nitrogens with one attached hydrogen (secondary N) is 1. The maximum Gasteiger partial charge on any atom is 0.334 e. The van der Waals surface area contributed by atoms with Gasteiger partial charge in [0.1, 0.15) is 0 Å². The van der Waals surface area contributed by atoms with Gasteiger partial charge < -0.3 is 15.6 Å². The van der Waals surface area contributed by atoms with Crippen molar-refractivity contribution >= 4 is 22.8 Å². The summed E-state index contributed by atoms with van der Waals surface area (Å²) in [6.45, 7) is 0. The van der Waals surface area contributed by atoms with Gasteiger partial charge in [0, 0.05) is 19.8 Å². The van der Waals surface area contributed by atoms with Gasteiger partial charge in [0.25, 0.3) is 0 Å². The van der Waals surface area contributed by atoms with Crippen molar-refractivity contribution in [2.24, 2.45) is 0 Å². The molecule has 0 bridgehead atoms. The van der Waals surface area contributed by atoms with E-state index in [1.165, 1.54) is 4.90 Å². The van der Waals surface area contributed by atoms with E-state index in [0.29, 0.717) is 16.7 Å². The first-order valence-electron chi connectivity index (χ1n) is 4.72. The molecule has 0 aliphatic heterocycles. The van der Waals surface area contributed by atoms with Crippen LogP contribution in [0, 0.1) is 0 Å². The molecule has 2 rings (SSSR count). The number of rotatable bonds is 0. The van der Waals surface area contributed by atoms with Crippen LogP contribution in [-0.4, -0.2) is 34.6 Å². The minimum absolute atomic E-state index is 0.388. The van der Waals surface area contributed by atoms with E-state index in [0.717, 1.165) is 4.57 Å². The summed E-state index contributed by atoms with van der Waals surface area (Å²) in [6.07, 6.45) is 0. The van der Waals surface area contributed by atoms with Crippen LogP contribution in [-0.2, 0) is 0 Å². The van der Waals surface area contributed by atoms with E-state index in [1.807, 2.05) is 0 Å². The van der Waals surface area contributed by atoms with Crippen LogP contribution in [0.1, 0.15) is 0 Å². The second-order valence-electron chi connectivity index (χ2n) is 3.72. The highest BCUT2D eigenvalue weighted by Crippen LogP contribution is 2.14. The van der Waals surface area contributed by atoms with Gasteiger partial charge >= 0.3 is 11.7 Å². The van der Waals surface area contributed by atoms with Crippen molar-refractivity contribution in [3.05, 3.63) is 28.7 Å². The van der Waals surface area contributed by atoms with Crippen LogP contribution in [0.3, 0.4) is 0 Å². The van der Waals surface area contributed by atoms with Gasteiger partial charge in [-0.1, -0.05) is 0 Å². The first-order chi connectivity index (χ1) is 7.50. The molecular formula is C10H12N4O2. The summed E-state index contributed by atoms with van der Waals surface area (Å²) in [5, 5.41) is 0. The van der Waals surface area contributed by atoms with E-state index in [2.05, 4.69) is 4.98 Å². The number of imidazole rings is 1. The zero-order valence-corrected chi connectivity index (χ0v) is 9.02. The highest BCUT2D eigenvalue weighted by atomic mass is 16.2. The number of nitrogens with zero attached hydrogens (tertiary/aromatic N) is 2. The summed E-state index contributed by atoms with van der Waals surface area (Å²) in [5.74, 6) is 0. The van der Waals surface area contributed by atoms with Crippen LogP contribution < -0.4 is 11.4 Å². The quantitative estimate of drug-likeness (QED) is 0.632. The average Bonchev–Trinajstić information content (AvgIpc) is 2.51. The number of hydrogen-bond donors (Lipinski definition) is 2. The summed E-state index contributed by atoms with van der Waals surface area (Å²) in [6, 6.07) is 4.52. The zero-order chi connectivity index (χ0) is 11.9. The van der Waals surface area contributed by atoms with Crippen molar-refractivity contribution in [3.63, 3.8) is 0 Å². The number of amides is 1. The first-order valence-corrected chi connectivity index (χ1v) is 4.72. The molecule has 0 radical (unpaired) electrons. The van der Waals surface area contributed by atoms with Crippen LogP contribution in [0.25, 0.3) is 11.0 Å². The summed E-state index contributed by atoms with van der Waals surface area (Å²) in [4.78, 5) is 27.3. The van der Waals surface area contributed by atoms with E-state index in [1.54, 1.807) is 32.3 Å². The molecule has 16 heavy (non-hydrogen) atoms. The molecule has 0 aliphatic rings. The topological polar surface area (TPSA) is 84.1 Å². The number of aromatic amines is 1.